The Morgan fingerprint density at radius 1 is 0.891 bits per heavy atom. The average molecular weight is 655 g/mol. The Hall–Kier alpha value is -0.400. The first-order chi connectivity index (χ1) is 21.2. The smallest absolute Gasteiger partial charge is 0.186 e. The van der Waals surface area contributed by atoms with Crippen LogP contribution in [0.2, 0.25) is 0 Å². The molecule has 10 nitrogen and oxygen atoms in total. The second-order valence-electron chi connectivity index (χ2n) is 18.4. The Balaban J connectivity index is 1.37. The highest BCUT2D eigenvalue weighted by Crippen LogP contribution is 2.89. The van der Waals surface area contributed by atoms with Crippen molar-refractivity contribution in [2.75, 3.05) is 6.61 Å². The zero-order chi connectivity index (χ0) is 34.0. The molecule has 5 saturated carbocycles. The Kier molecular flexibility index (Phi) is 8.71. The van der Waals surface area contributed by atoms with Crippen LogP contribution in [0, 0.1) is 50.7 Å². The molecule has 6 rings (SSSR count). The molecular formula is C36H62O10. The van der Waals surface area contributed by atoms with Crippen molar-refractivity contribution in [2.24, 2.45) is 50.7 Å². The number of hydrogen-bond acceptors (Lipinski definition) is 10. The quantitative estimate of drug-likeness (QED) is 0.181. The molecule has 0 bridgehead atoms. The van der Waals surface area contributed by atoms with Crippen molar-refractivity contribution >= 4 is 0 Å². The van der Waals surface area contributed by atoms with Gasteiger partial charge in [-0.2, -0.15) is 0 Å². The van der Waals surface area contributed by atoms with E-state index in [9.17, 15) is 40.9 Å². The summed E-state index contributed by atoms with van der Waals surface area (Å²) in [7, 11) is 0. The van der Waals surface area contributed by atoms with E-state index in [1.165, 1.54) is 0 Å². The fraction of sp³-hybridized carbons (Fsp3) is 1.00. The van der Waals surface area contributed by atoms with E-state index in [2.05, 4.69) is 34.6 Å². The Labute approximate surface area is 274 Å². The van der Waals surface area contributed by atoms with E-state index < -0.39 is 67.3 Å². The molecule has 6 aliphatic rings. The average Bonchev–Trinajstić information content (AvgIpc) is 3.57. The predicted molar refractivity (Wildman–Crippen MR) is 169 cm³/mol. The summed E-state index contributed by atoms with van der Waals surface area (Å²) in [6, 6.07) is 0. The highest BCUT2D eigenvalue weighted by atomic mass is 16.7. The van der Waals surface area contributed by atoms with Crippen molar-refractivity contribution in [1.82, 2.24) is 0 Å². The minimum atomic E-state index is -1.54. The molecule has 0 aromatic heterocycles. The first-order valence-electron chi connectivity index (χ1n) is 17.9. The van der Waals surface area contributed by atoms with Gasteiger partial charge in [0.1, 0.15) is 24.4 Å². The molecule has 266 valence electrons. The molecule has 0 aromatic rings. The zero-order valence-electron chi connectivity index (χ0n) is 29.0. The van der Waals surface area contributed by atoms with Crippen molar-refractivity contribution in [3.05, 3.63) is 0 Å². The van der Waals surface area contributed by atoms with E-state index in [0.29, 0.717) is 25.7 Å². The predicted octanol–water partition coefficient (Wildman–Crippen LogP) is 2.10. The molecule has 0 radical (unpaired) electrons. The molecule has 2 spiro atoms. The highest BCUT2D eigenvalue weighted by Gasteiger charge is 2.84. The number of rotatable bonds is 8. The van der Waals surface area contributed by atoms with Gasteiger partial charge in [-0.05, 0) is 122 Å². The van der Waals surface area contributed by atoms with Gasteiger partial charge in [-0.25, -0.2) is 0 Å². The molecule has 1 heterocycles. The topological polar surface area (TPSA) is 180 Å². The van der Waals surface area contributed by atoms with Crippen LogP contribution in [-0.2, 0) is 9.47 Å². The van der Waals surface area contributed by atoms with Crippen molar-refractivity contribution < 1.29 is 50.3 Å². The van der Waals surface area contributed by atoms with Gasteiger partial charge in [-0.3, -0.25) is 0 Å². The Bertz CT molecular complexity index is 1140. The van der Waals surface area contributed by atoms with Crippen molar-refractivity contribution in [3.8, 4) is 0 Å². The monoisotopic (exact) mass is 654 g/mol. The highest BCUT2D eigenvalue weighted by molar-refractivity contribution is 5.33. The summed E-state index contributed by atoms with van der Waals surface area (Å²) in [5.41, 5.74) is -2.14. The van der Waals surface area contributed by atoms with Crippen molar-refractivity contribution in [3.63, 3.8) is 0 Å². The number of hydrogen-bond donors (Lipinski definition) is 8. The maximum absolute atomic E-state index is 11.9. The van der Waals surface area contributed by atoms with Gasteiger partial charge in [0.15, 0.2) is 6.29 Å². The Morgan fingerprint density at radius 3 is 2.20 bits per heavy atom. The van der Waals surface area contributed by atoms with E-state index in [4.69, 9.17) is 9.47 Å². The summed E-state index contributed by atoms with van der Waals surface area (Å²) in [5, 5.41) is 86.2. The van der Waals surface area contributed by atoms with Crippen LogP contribution in [0.5, 0.6) is 0 Å². The molecule has 17 atom stereocenters. The van der Waals surface area contributed by atoms with E-state index >= 15 is 0 Å². The fourth-order valence-electron chi connectivity index (χ4n) is 12.9. The third kappa shape index (κ3) is 4.78. The number of fused-ring (bicyclic) bond motifs is 2. The molecule has 6 fully saturated rings. The van der Waals surface area contributed by atoms with Crippen molar-refractivity contribution in [2.45, 2.75) is 167 Å². The zero-order valence-corrected chi connectivity index (χ0v) is 29.0. The number of aliphatic hydroxyl groups is 8. The van der Waals surface area contributed by atoms with Crippen LogP contribution in [-0.4, -0.2) is 108 Å². The third-order valence-electron chi connectivity index (χ3n) is 15.6. The van der Waals surface area contributed by atoms with Gasteiger partial charge in [-0.1, -0.05) is 34.6 Å². The first-order valence-corrected chi connectivity index (χ1v) is 17.9. The molecule has 0 aromatic carbocycles. The van der Waals surface area contributed by atoms with Crippen LogP contribution < -0.4 is 0 Å². The number of ether oxygens (including phenoxy) is 2. The molecule has 1 aliphatic heterocycles. The van der Waals surface area contributed by atoms with Gasteiger partial charge in [0.2, 0.25) is 0 Å². The summed E-state index contributed by atoms with van der Waals surface area (Å²) in [6.07, 6.45) is -2.04. The van der Waals surface area contributed by atoms with Crippen molar-refractivity contribution in [1.29, 1.82) is 0 Å². The molecule has 1 saturated heterocycles. The minimum Gasteiger partial charge on any atom is -0.394 e. The molecule has 0 amide bonds. The van der Waals surface area contributed by atoms with Crippen LogP contribution in [0.25, 0.3) is 0 Å². The van der Waals surface area contributed by atoms with Gasteiger partial charge in [0.05, 0.1) is 36.6 Å². The maximum Gasteiger partial charge on any atom is 0.186 e. The second kappa shape index (κ2) is 11.3. The van der Waals surface area contributed by atoms with Crippen LogP contribution in [0.4, 0.5) is 0 Å². The molecule has 10 heteroatoms. The van der Waals surface area contributed by atoms with Crippen LogP contribution >= 0.6 is 0 Å². The third-order valence-corrected chi connectivity index (χ3v) is 15.6. The first kappa shape index (κ1) is 35.4. The Morgan fingerprint density at radius 2 is 1.57 bits per heavy atom. The lowest BCUT2D eigenvalue weighted by Gasteiger charge is -2.65. The molecule has 8 N–H and O–H groups in total. The van der Waals surface area contributed by atoms with E-state index in [0.717, 1.165) is 32.1 Å². The fourth-order valence-corrected chi connectivity index (χ4v) is 12.9. The van der Waals surface area contributed by atoms with Gasteiger partial charge in [-0.15, -0.1) is 0 Å². The van der Waals surface area contributed by atoms with Crippen LogP contribution in [0.1, 0.15) is 106 Å². The van der Waals surface area contributed by atoms with Gasteiger partial charge in [0, 0.05) is 0 Å². The largest absolute Gasteiger partial charge is 0.394 e. The maximum atomic E-state index is 11.9. The molecule has 5 aliphatic carbocycles. The summed E-state index contributed by atoms with van der Waals surface area (Å²) in [4.78, 5) is 0. The normalized spacial score (nSPS) is 54.2. The van der Waals surface area contributed by atoms with Crippen LogP contribution in [0.3, 0.4) is 0 Å². The molecule has 46 heavy (non-hydrogen) atoms. The lowest BCUT2D eigenvalue weighted by atomic mass is 9.41. The summed E-state index contributed by atoms with van der Waals surface area (Å²) in [5.74, 6) is 0.272. The standard InChI is InChI=1S/C36H62O10/c1-18(8-9-24(40)32(4,5)44)25-19(38)15-34(7)29-20(45-30-28(43)27(42)26(41)21(16-37)46-30)14-22-31(2,3)23(39)10-11-35(22)17-36(29,35)13-12-33(25,34)6/h18-30,37-44H,8-17H2,1-7H3. The van der Waals surface area contributed by atoms with Gasteiger partial charge in [0.25, 0.3) is 0 Å². The van der Waals surface area contributed by atoms with Crippen LogP contribution in [0.15, 0.2) is 0 Å². The lowest BCUT2D eigenvalue weighted by molar-refractivity contribution is -0.332. The van der Waals surface area contributed by atoms with Gasteiger partial charge < -0.3 is 50.3 Å². The van der Waals surface area contributed by atoms with E-state index in [-0.39, 0.29) is 50.7 Å². The molecular weight excluding hydrogens is 592 g/mol. The SMILES string of the molecule is CC(CCC(O)C(C)(C)O)C1C(O)CC2(C)C3C(OC4OC(CO)C(O)C(O)C4O)CC4C(C)(C)C(O)CCC45CC35CCC12C. The number of aliphatic hydroxyl groups excluding tert-OH is 7. The second-order valence-corrected chi connectivity index (χ2v) is 18.4. The van der Waals surface area contributed by atoms with Gasteiger partial charge >= 0.3 is 0 Å². The molecule has 17 unspecified atom stereocenters. The minimum absolute atomic E-state index is 0.0160. The summed E-state index contributed by atoms with van der Waals surface area (Å²) in [6.45, 7) is 13.8. The summed E-state index contributed by atoms with van der Waals surface area (Å²) < 4.78 is 12.7. The summed E-state index contributed by atoms with van der Waals surface area (Å²) >= 11 is 0. The van der Waals surface area contributed by atoms with E-state index in [1.54, 1.807) is 13.8 Å². The van der Waals surface area contributed by atoms with E-state index in [1.807, 2.05) is 0 Å². The lowest BCUT2D eigenvalue weighted by Crippen LogP contribution is -2.64.